The van der Waals surface area contributed by atoms with Crippen LogP contribution < -0.4 is 0 Å². The maximum atomic E-state index is 12.6. The van der Waals surface area contributed by atoms with E-state index in [9.17, 15) is 8.78 Å². The van der Waals surface area contributed by atoms with Crippen molar-refractivity contribution in [2.24, 2.45) is 0 Å². The molecule has 4 heteroatoms. The van der Waals surface area contributed by atoms with E-state index in [1.807, 2.05) is 0 Å². The second-order valence-corrected chi connectivity index (χ2v) is 2.21. The van der Waals surface area contributed by atoms with Crippen LogP contribution >= 0.6 is 0 Å². The zero-order valence-corrected chi connectivity index (χ0v) is 5.88. The van der Waals surface area contributed by atoms with Crippen LogP contribution in [0.2, 0.25) is 0 Å². The molecule has 60 valence electrons. The molecule has 0 radical (unpaired) electrons. The summed E-state index contributed by atoms with van der Waals surface area (Å²) in [5, 5.41) is 8.88. The number of aromatic nitrogens is 1. The summed E-state index contributed by atoms with van der Waals surface area (Å²) in [6, 6.07) is 0.924. The Kier molecular flexibility index (Phi) is 2.14. The minimum atomic E-state index is -1.03. The first-order chi connectivity index (χ1) is 5.11. The molecule has 1 atom stereocenters. The Morgan fingerprint density at radius 2 is 2.18 bits per heavy atom. The third-order valence-electron chi connectivity index (χ3n) is 1.28. The molecule has 11 heavy (non-hydrogen) atoms. The van der Waals surface area contributed by atoms with E-state index in [1.54, 1.807) is 0 Å². The molecule has 0 bridgehead atoms. The standard InChI is InChI=1S/C7H7F2NO/c1-4(11)6-2-5(8)3-10-7(6)9/h2-4,11H,1H3/t4-/m0/s1. The molecule has 1 aromatic heterocycles. The highest BCUT2D eigenvalue weighted by Gasteiger charge is 2.09. The first-order valence-corrected chi connectivity index (χ1v) is 3.10. The van der Waals surface area contributed by atoms with E-state index in [1.165, 1.54) is 6.92 Å². The lowest BCUT2D eigenvalue weighted by Crippen LogP contribution is -1.99. The Hall–Kier alpha value is -1.03. The SMILES string of the molecule is C[C@H](O)c1cc(F)cnc1F. The molecule has 0 aliphatic carbocycles. The van der Waals surface area contributed by atoms with Gasteiger partial charge in [0.15, 0.2) is 0 Å². The molecule has 0 saturated carbocycles. The molecule has 2 nitrogen and oxygen atoms in total. The van der Waals surface area contributed by atoms with Gasteiger partial charge in [-0.05, 0) is 13.0 Å². The molecule has 1 N–H and O–H groups in total. The van der Waals surface area contributed by atoms with E-state index >= 15 is 0 Å². The highest BCUT2D eigenvalue weighted by molar-refractivity contribution is 5.14. The van der Waals surface area contributed by atoms with Gasteiger partial charge in [0.1, 0.15) is 5.82 Å². The highest BCUT2D eigenvalue weighted by atomic mass is 19.1. The molecule has 0 aliphatic heterocycles. The van der Waals surface area contributed by atoms with Crippen molar-refractivity contribution in [2.45, 2.75) is 13.0 Å². The lowest BCUT2D eigenvalue weighted by atomic mass is 10.2. The zero-order valence-electron chi connectivity index (χ0n) is 5.88. The van der Waals surface area contributed by atoms with Crippen LogP contribution in [0.15, 0.2) is 12.3 Å². The van der Waals surface area contributed by atoms with Gasteiger partial charge in [-0.25, -0.2) is 9.37 Å². The molecule has 1 heterocycles. The number of hydrogen-bond donors (Lipinski definition) is 1. The van der Waals surface area contributed by atoms with Crippen LogP contribution in [-0.4, -0.2) is 10.1 Å². The van der Waals surface area contributed by atoms with Crippen molar-refractivity contribution in [2.75, 3.05) is 0 Å². The summed E-state index contributed by atoms with van der Waals surface area (Å²) >= 11 is 0. The van der Waals surface area contributed by atoms with Gasteiger partial charge in [-0.3, -0.25) is 0 Å². The van der Waals surface area contributed by atoms with Gasteiger partial charge in [-0.1, -0.05) is 0 Å². The summed E-state index contributed by atoms with van der Waals surface area (Å²) in [5.41, 5.74) is -0.120. The molecule has 0 amide bonds. The molecule has 0 fully saturated rings. The van der Waals surface area contributed by atoms with Crippen LogP contribution in [0.5, 0.6) is 0 Å². The maximum absolute atomic E-state index is 12.6. The summed E-state index contributed by atoms with van der Waals surface area (Å²) in [6.07, 6.45) is -0.264. The van der Waals surface area contributed by atoms with Gasteiger partial charge in [0, 0.05) is 5.56 Å². The number of aliphatic hydroxyl groups is 1. The van der Waals surface area contributed by atoms with Gasteiger partial charge in [0.05, 0.1) is 12.3 Å². The molecular formula is C7H7F2NO. The third kappa shape index (κ3) is 1.71. The lowest BCUT2D eigenvalue weighted by Gasteiger charge is -2.03. The monoisotopic (exact) mass is 159 g/mol. The first-order valence-electron chi connectivity index (χ1n) is 3.10. The highest BCUT2D eigenvalue weighted by Crippen LogP contribution is 2.14. The van der Waals surface area contributed by atoms with Crippen LogP contribution in [0, 0.1) is 11.8 Å². The summed E-state index contributed by atoms with van der Waals surface area (Å²) < 4.78 is 24.9. The van der Waals surface area contributed by atoms with Gasteiger partial charge < -0.3 is 5.11 Å². The van der Waals surface area contributed by atoms with Crippen molar-refractivity contribution in [3.8, 4) is 0 Å². The lowest BCUT2D eigenvalue weighted by molar-refractivity contribution is 0.192. The maximum Gasteiger partial charge on any atom is 0.218 e. The summed E-state index contributed by atoms with van der Waals surface area (Å²) in [6.45, 7) is 1.35. The molecule has 0 unspecified atom stereocenters. The second kappa shape index (κ2) is 2.92. The van der Waals surface area contributed by atoms with Crippen LogP contribution in [0.3, 0.4) is 0 Å². The average Bonchev–Trinajstić information content (AvgIpc) is 1.94. The van der Waals surface area contributed by atoms with Crippen molar-refractivity contribution >= 4 is 0 Å². The van der Waals surface area contributed by atoms with Gasteiger partial charge in [0.25, 0.3) is 0 Å². The number of aliphatic hydroxyl groups excluding tert-OH is 1. The molecule has 0 aromatic carbocycles. The fraction of sp³-hybridized carbons (Fsp3) is 0.286. The van der Waals surface area contributed by atoms with Gasteiger partial charge in [0.2, 0.25) is 5.95 Å². The van der Waals surface area contributed by atoms with E-state index in [0.29, 0.717) is 0 Å². The zero-order chi connectivity index (χ0) is 8.43. The van der Waals surface area contributed by atoms with Gasteiger partial charge >= 0.3 is 0 Å². The van der Waals surface area contributed by atoms with Crippen molar-refractivity contribution in [1.29, 1.82) is 0 Å². The third-order valence-corrected chi connectivity index (χ3v) is 1.28. The first kappa shape index (κ1) is 8.07. The normalized spacial score (nSPS) is 13.1. The van der Waals surface area contributed by atoms with Gasteiger partial charge in [-0.2, -0.15) is 4.39 Å². The number of pyridine rings is 1. The van der Waals surface area contributed by atoms with E-state index in [-0.39, 0.29) is 5.56 Å². The Morgan fingerprint density at radius 1 is 1.55 bits per heavy atom. The summed E-state index contributed by atoms with van der Waals surface area (Å²) in [7, 11) is 0. The summed E-state index contributed by atoms with van der Waals surface area (Å²) in [4.78, 5) is 3.10. The van der Waals surface area contributed by atoms with E-state index < -0.39 is 17.9 Å². The molecule has 0 spiro atoms. The fourth-order valence-corrected chi connectivity index (χ4v) is 0.731. The number of nitrogens with zero attached hydrogens (tertiary/aromatic N) is 1. The van der Waals surface area contributed by atoms with Crippen molar-refractivity contribution < 1.29 is 13.9 Å². The topological polar surface area (TPSA) is 33.1 Å². The number of halogens is 2. The Morgan fingerprint density at radius 3 is 2.64 bits per heavy atom. The number of hydrogen-bond acceptors (Lipinski definition) is 2. The predicted molar refractivity (Wildman–Crippen MR) is 34.8 cm³/mol. The molecule has 1 aromatic rings. The van der Waals surface area contributed by atoms with Crippen molar-refractivity contribution in [3.63, 3.8) is 0 Å². The quantitative estimate of drug-likeness (QED) is 0.628. The minimum absolute atomic E-state index is 0.120. The smallest absolute Gasteiger partial charge is 0.218 e. The van der Waals surface area contributed by atoms with Crippen LogP contribution in [0.4, 0.5) is 8.78 Å². The molecule has 1 rings (SSSR count). The average molecular weight is 159 g/mol. The van der Waals surface area contributed by atoms with Crippen molar-refractivity contribution in [1.82, 2.24) is 4.98 Å². The van der Waals surface area contributed by atoms with E-state index in [4.69, 9.17) is 5.11 Å². The van der Waals surface area contributed by atoms with E-state index in [2.05, 4.69) is 4.98 Å². The predicted octanol–water partition coefficient (Wildman–Crippen LogP) is 1.41. The minimum Gasteiger partial charge on any atom is -0.389 e. The van der Waals surface area contributed by atoms with Crippen LogP contribution in [0.1, 0.15) is 18.6 Å². The Bertz CT molecular complexity index is 263. The van der Waals surface area contributed by atoms with Crippen LogP contribution in [0.25, 0.3) is 0 Å². The Labute approximate surface area is 62.5 Å². The second-order valence-electron chi connectivity index (χ2n) is 2.21. The van der Waals surface area contributed by atoms with Crippen molar-refractivity contribution in [3.05, 3.63) is 29.6 Å². The van der Waals surface area contributed by atoms with Crippen LogP contribution in [-0.2, 0) is 0 Å². The molecular weight excluding hydrogens is 152 g/mol. The summed E-state index contributed by atoms with van der Waals surface area (Å²) in [5.74, 6) is -1.48. The fourth-order valence-electron chi connectivity index (χ4n) is 0.731. The number of rotatable bonds is 1. The van der Waals surface area contributed by atoms with Gasteiger partial charge in [-0.15, -0.1) is 0 Å². The Balaban J connectivity index is 3.13. The van der Waals surface area contributed by atoms with E-state index in [0.717, 1.165) is 12.3 Å². The molecule has 0 aliphatic rings. The molecule has 0 saturated heterocycles. The largest absolute Gasteiger partial charge is 0.389 e.